The Hall–Kier alpha value is -1.02. The molecule has 1 nitrogen and oxygen atoms in total. The van der Waals surface area contributed by atoms with E-state index in [2.05, 4.69) is 41.3 Å². The molecule has 106 valence electrons. The molecule has 0 amide bonds. The minimum Gasteiger partial charge on any atom is -0.296 e. The lowest BCUT2D eigenvalue weighted by molar-refractivity contribution is 0.282. The maximum absolute atomic E-state index is 6.52. The third-order valence-corrected chi connectivity index (χ3v) is 3.79. The molecule has 0 aromatic heterocycles. The van der Waals surface area contributed by atoms with Crippen molar-refractivity contribution in [2.45, 2.75) is 11.9 Å². The van der Waals surface area contributed by atoms with Crippen LogP contribution in [0.5, 0.6) is 0 Å². The van der Waals surface area contributed by atoms with E-state index in [-0.39, 0.29) is 5.38 Å². The summed E-state index contributed by atoms with van der Waals surface area (Å²) in [7, 11) is 0. The van der Waals surface area contributed by atoms with Gasteiger partial charge in [-0.25, -0.2) is 0 Å². The van der Waals surface area contributed by atoms with Crippen molar-refractivity contribution in [3.8, 4) is 0 Å². The molecule has 3 heteroatoms. The van der Waals surface area contributed by atoms with Gasteiger partial charge in [0.1, 0.15) is 0 Å². The Labute approximate surface area is 131 Å². The molecular weight excluding hydrogens is 289 g/mol. The Kier molecular flexibility index (Phi) is 6.38. The molecule has 0 fully saturated rings. The molecule has 2 aromatic rings. The summed E-state index contributed by atoms with van der Waals surface area (Å²) in [5.74, 6) is 0.616. The highest BCUT2D eigenvalue weighted by molar-refractivity contribution is 6.21. The van der Waals surface area contributed by atoms with Crippen LogP contribution < -0.4 is 0 Å². The van der Waals surface area contributed by atoms with Crippen molar-refractivity contribution in [2.75, 3.05) is 19.0 Å². The number of hydrogen-bond acceptors (Lipinski definition) is 1. The van der Waals surface area contributed by atoms with E-state index in [4.69, 9.17) is 23.2 Å². The van der Waals surface area contributed by atoms with Crippen LogP contribution in [0.1, 0.15) is 16.5 Å². The predicted octanol–water partition coefficient (Wildman–Crippen LogP) is 4.71. The molecule has 2 rings (SSSR count). The first-order valence-corrected chi connectivity index (χ1v) is 7.78. The average Bonchev–Trinajstić information content (AvgIpc) is 2.49. The van der Waals surface area contributed by atoms with E-state index in [1.807, 2.05) is 24.3 Å². The Morgan fingerprint density at radius 2 is 1.50 bits per heavy atom. The maximum atomic E-state index is 6.52. The fourth-order valence-electron chi connectivity index (χ4n) is 2.19. The van der Waals surface area contributed by atoms with Crippen molar-refractivity contribution < 1.29 is 0 Å². The highest BCUT2D eigenvalue weighted by Gasteiger charge is 2.13. The van der Waals surface area contributed by atoms with Gasteiger partial charge in [-0.15, -0.1) is 23.2 Å². The molecule has 0 bridgehead atoms. The molecule has 0 aliphatic rings. The van der Waals surface area contributed by atoms with E-state index < -0.39 is 0 Å². The number of alkyl halides is 2. The lowest BCUT2D eigenvalue weighted by atomic mass is 10.1. The molecule has 0 N–H and O–H groups in total. The van der Waals surface area contributed by atoms with Crippen molar-refractivity contribution in [2.24, 2.45) is 0 Å². The summed E-state index contributed by atoms with van der Waals surface area (Å²) in [5.41, 5.74) is 2.44. The SMILES string of the molecule is ClCCN(Cc1ccccc1)CC(Cl)c1ccccc1. The Morgan fingerprint density at radius 3 is 2.10 bits per heavy atom. The summed E-state index contributed by atoms with van der Waals surface area (Å²) >= 11 is 12.4. The van der Waals surface area contributed by atoms with Gasteiger partial charge >= 0.3 is 0 Å². The first kappa shape index (κ1) is 15.4. The van der Waals surface area contributed by atoms with Crippen molar-refractivity contribution in [1.82, 2.24) is 4.90 Å². The van der Waals surface area contributed by atoms with Crippen LogP contribution >= 0.6 is 23.2 Å². The zero-order valence-electron chi connectivity index (χ0n) is 11.4. The fraction of sp³-hybridized carbons (Fsp3) is 0.294. The number of nitrogens with zero attached hydrogens (tertiary/aromatic N) is 1. The van der Waals surface area contributed by atoms with Gasteiger partial charge in [-0.2, -0.15) is 0 Å². The lowest BCUT2D eigenvalue weighted by Gasteiger charge is -2.24. The van der Waals surface area contributed by atoms with E-state index in [9.17, 15) is 0 Å². The third-order valence-electron chi connectivity index (χ3n) is 3.23. The van der Waals surface area contributed by atoms with Crippen molar-refractivity contribution in [3.63, 3.8) is 0 Å². The minimum atomic E-state index is -0.0110. The lowest BCUT2D eigenvalue weighted by Crippen LogP contribution is -2.28. The van der Waals surface area contributed by atoms with E-state index in [1.54, 1.807) is 0 Å². The van der Waals surface area contributed by atoms with E-state index in [1.165, 1.54) is 5.56 Å². The van der Waals surface area contributed by atoms with Gasteiger partial charge in [-0.05, 0) is 11.1 Å². The largest absolute Gasteiger partial charge is 0.296 e. The number of hydrogen-bond donors (Lipinski definition) is 0. The first-order valence-electron chi connectivity index (χ1n) is 6.81. The highest BCUT2D eigenvalue weighted by Crippen LogP contribution is 2.22. The summed E-state index contributed by atoms with van der Waals surface area (Å²) < 4.78 is 0. The van der Waals surface area contributed by atoms with E-state index in [0.29, 0.717) is 5.88 Å². The summed E-state index contributed by atoms with van der Waals surface area (Å²) in [4.78, 5) is 2.30. The number of rotatable bonds is 7. The maximum Gasteiger partial charge on any atom is 0.0712 e. The molecule has 0 aliphatic carbocycles. The van der Waals surface area contributed by atoms with Crippen LogP contribution in [-0.2, 0) is 6.54 Å². The van der Waals surface area contributed by atoms with Crippen molar-refractivity contribution in [3.05, 3.63) is 71.8 Å². The quantitative estimate of drug-likeness (QED) is 0.670. The normalized spacial score (nSPS) is 12.6. The van der Waals surface area contributed by atoms with Crippen molar-refractivity contribution in [1.29, 1.82) is 0 Å². The van der Waals surface area contributed by atoms with Gasteiger partial charge < -0.3 is 0 Å². The van der Waals surface area contributed by atoms with Crippen LogP contribution in [-0.4, -0.2) is 23.9 Å². The second kappa shape index (κ2) is 8.31. The van der Waals surface area contributed by atoms with Crippen LogP contribution in [0, 0.1) is 0 Å². The van der Waals surface area contributed by atoms with Gasteiger partial charge in [0.05, 0.1) is 5.38 Å². The van der Waals surface area contributed by atoms with Gasteiger partial charge in [0.2, 0.25) is 0 Å². The molecule has 20 heavy (non-hydrogen) atoms. The third kappa shape index (κ3) is 4.82. The molecule has 0 radical (unpaired) electrons. The number of benzene rings is 2. The Morgan fingerprint density at radius 1 is 0.900 bits per heavy atom. The molecule has 1 unspecified atom stereocenters. The summed E-state index contributed by atoms with van der Waals surface area (Å²) in [6.07, 6.45) is 0. The smallest absolute Gasteiger partial charge is 0.0712 e. The van der Waals surface area contributed by atoms with Gasteiger partial charge in [0.25, 0.3) is 0 Å². The second-order valence-electron chi connectivity index (χ2n) is 4.79. The van der Waals surface area contributed by atoms with Crippen LogP contribution in [0.15, 0.2) is 60.7 Å². The van der Waals surface area contributed by atoms with Crippen LogP contribution in [0.25, 0.3) is 0 Å². The zero-order chi connectivity index (χ0) is 14.2. The van der Waals surface area contributed by atoms with E-state index in [0.717, 1.165) is 25.2 Å². The topological polar surface area (TPSA) is 3.24 Å². The van der Waals surface area contributed by atoms with Crippen LogP contribution in [0.3, 0.4) is 0 Å². The molecule has 1 atom stereocenters. The van der Waals surface area contributed by atoms with Gasteiger partial charge in [0.15, 0.2) is 0 Å². The predicted molar refractivity (Wildman–Crippen MR) is 87.5 cm³/mol. The molecule has 0 spiro atoms. The molecule has 0 saturated carbocycles. The molecular formula is C17H19Cl2N. The Bertz CT molecular complexity index is 487. The monoisotopic (exact) mass is 307 g/mol. The van der Waals surface area contributed by atoms with Crippen molar-refractivity contribution >= 4 is 23.2 Å². The molecule has 2 aromatic carbocycles. The minimum absolute atomic E-state index is 0.0110. The Balaban J connectivity index is 1.98. The molecule has 0 heterocycles. The standard InChI is InChI=1S/C17H19Cl2N/c18-11-12-20(13-15-7-3-1-4-8-15)14-17(19)16-9-5-2-6-10-16/h1-10,17H,11-14H2. The molecule has 0 saturated heterocycles. The zero-order valence-corrected chi connectivity index (χ0v) is 12.9. The van der Waals surface area contributed by atoms with Gasteiger partial charge in [-0.1, -0.05) is 60.7 Å². The highest BCUT2D eigenvalue weighted by atomic mass is 35.5. The van der Waals surface area contributed by atoms with Crippen LogP contribution in [0.4, 0.5) is 0 Å². The summed E-state index contributed by atoms with van der Waals surface area (Å²) in [5, 5.41) is -0.0110. The van der Waals surface area contributed by atoms with Gasteiger partial charge in [0, 0.05) is 25.5 Å². The average molecular weight is 308 g/mol. The molecule has 0 aliphatic heterocycles. The number of halogens is 2. The second-order valence-corrected chi connectivity index (χ2v) is 5.69. The van der Waals surface area contributed by atoms with E-state index >= 15 is 0 Å². The van der Waals surface area contributed by atoms with Crippen LogP contribution in [0.2, 0.25) is 0 Å². The fourth-order valence-corrected chi connectivity index (χ4v) is 2.77. The van der Waals surface area contributed by atoms with Gasteiger partial charge in [-0.3, -0.25) is 4.90 Å². The summed E-state index contributed by atoms with van der Waals surface area (Å²) in [6, 6.07) is 20.6. The summed E-state index contributed by atoms with van der Waals surface area (Å²) in [6.45, 7) is 2.52. The first-order chi connectivity index (χ1) is 9.79.